The average molecular weight is 267 g/mol. The highest BCUT2D eigenvalue weighted by Gasteiger charge is 2.08. The van der Waals surface area contributed by atoms with E-state index in [2.05, 4.69) is 36.5 Å². The van der Waals surface area contributed by atoms with Crippen molar-refractivity contribution < 1.29 is 4.79 Å². The van der Waals surface area contributed by atoms with Crippen LogP contribution in [0, 0.1) is 20.8 Å². The van der Waals surface area contributed by atoms with Gasteiger partial charge >= 0.3 is 0 Å². The molecule has 2 aromatic rings. The van der Waals surface area contributed by atoms with Crippen molar-refractivity contribution in [1.82, 2.24) is 5.32 Å². The van der Waals surface area contributed by atoms with Gasteiger partial charge in [0, 0.05) is 12.1 Å². The molecule has 0 saturated carbocycles. The number of nitrogens with one attached hydrogen (secondary N) is 1. The lowest BCUT2D eigenvalue weighted by molar-refractivity contribution is 0.0990. The molecule has 2 heteroatoms. The van der Waals surface area contributed by atoms with Gasteiger partial charge in [-0.25, -0.2) is 0 Å². The van der Waals surface area contributed by atoms with Crippen LogP contribution in [-0.4, -0.2) is 12.3 Å². The molecule has 0 spiro atoms. The first-order valence-corrected chi connectivity index (χ1v) is 6.93. The zero-order valence-corrected chi connectivity index (χ0v) is 12.4. The lowest BCUT2D eigenvalue weighted by atomic mass is 10.0. The Morgan fingerprint density at radius 2 is 1.60 bits per heavy atom. The fraction of sp³-hybridized carbons (Fsp3) is 0.278. The summed E-state index contributed by atoms with van der Waals surface area (Å²) in [4.78, 5) is 12.2. The van der Waals surface area contributed by atoms with Crippen molar-refractivity contribution in [2.45, 2.75) is 27.3 Å². The van der Waals surface area contributed by atoms with Gasteiger partial charge in [-0.3, -0.25) is 4.79 Å². The molecule has 0 aromatic heterocycles. The molecule has 1 N–H and O–H groups in total. The van der Waals surface area contributed by atoms with Gasteiger partial charge in [-0.05, 0) is 31.9 Å². The maximum atomic E-state index is 12.2. The van der Waals surface area contributed by atoms with Gasteiger partial charge in [0.25, 0.3) is 0 Å². The average Bonchev–Trinajstić information content (AvgIpc) is 2.41. The second-order valence-electron chi connectivity index (χ2n) is 5.33. The van der Waals surface area contributed by atoms with Crippen molar-refractivity contribution in [2.24, 2.45) is 0 Å². The standard InChI is InChI=1S/C18H21NO/c1-13-4-7-16(8-5-13)11-19-12-18(20)17-9-6-14(2)10-15(17)3/h4-10,19H,11-12H2,1-3H3. The van der Waals surface area contributed by atoms with Crippen LogP contribution in [-0.2, 0) is 6.54 Å². The van der Waals surface area contributed by atoms with E-state index in [0.717, 1.165) is 17.7 Å². The van der Waals surface area contributed by atoms with Crippen molar-refractivity contribution >= 4 is 5.78 Å². The third-order valence-electron chi connectivity index (χ3n) is 3.42. The lowest BCUT2D eigenvalue weighted by Gasteiger charge is -2.08. The molecular formula is C18H21NO. The third kappa shape index (κ3) is 3.78. The monoisotopic (exact) mass is 267 g/mol. The summed E-state index contributed by atoms with van der Waals surface area (Å²) in [6, 6.07) is 14.3. The Morgan fingerprint density at radius 3 is 2.25 bits per heavy atom. The first-order chi connectivity index (χ1) is 9.56. The van der Waals surface area contributed by atoms with Crippen LogP contribution >= 0.6 is 0 Å². The number of rotatable bonds is 5. The molecule has 0 heterocycles. The Bertz CT molecular complexity index is 599. The van der Waals surface area contributed by atoms with Crippen molar-refractivity contribution in [2.75, 3.05) is 6.54 Å². The van der Waals surface area contributed by atoms with Crippen LogP contribution in [0.2, 0.25) is 0 Å². The summed E-state index contributed by atoms with van der Waals surface area (Å²) in [6.45, 7) is 7.19. The highest BCUT2D eigenvalue weighted by atomic mass is 16.1. The minimum Gasteiger partial charge on any atom is -0.306 e. The van der Waals surface area contributed by atoms with E-state index in [0.29, 0.717) is 6.54 Å². The van der Waals surface area contributed by atoms with Crippen LogP contribution in [0.15, 0.2) is 42.5 Å². The summed E-state index contributed by atoms with van der Waals surface area (Å²) >= 11 is 0. The highest BCUT2D eigenvalue weighted by Crippen LogP contribution is 2.11. The van der Waals surface area contributed by atoms with E-state index in [-0.39, 0.29) is 5.78 Å². The maximum absolute atomic E-state index is 12.2. The van der Waals surface area contributed by atoms with Gasteiger partial charge in [0.2, 0.25) is 0 Å². The van der Waals surface area contributed by atoms with Crippen LogP contribution in [0.5, 0.6) is 0 Å². The van der Waals surface area contributed by atoms with Gasteiger partial charge in [0.1, 0.15) is 0 Å². The summed E-state index contributed by atoms with van der Waals surface area (Å²) in [5.74, 6) is 0.148. The largest absolute Gasteiger partial charge is 0.306 e. The van der Waals surface area contributed by atoms with E-state index in [4.69, 9.17) is 0 Å². The Kier molecular flexibility index (Phi) is 4.70. The topological polar surface area (TPSA) is 29.1 Å². The lowest BCUT2D eigenvalue weighted by Crippen LogP contribution is -2.23. The SMILES string of the molecule is Cc1ccc(CNCC(=O)c2ccc(C)cc2C)cc1. The fourth-order valence-corrected chi connectivity index (χ4v) is 2.25. The second kappa shape index (κ2) is 6.49. The second-order valence-corrected chi connectivity index (χ2v) is 5.33. The van der Waals surface area contributed by atoms with E-state index in [1.807, 2.05) is 32.0 Å². The highest BCUT2D eigenvalue weighted by molar-refractivity contribution is 5.98. The van der Waals surface area contributed by atoms with Crippen molar-refractivity contribution in [3.05, 3.63) is 70.3 Å². The van der Waals surface area contributed by atoms with Gasteiger partial charge in [-0.1, -0.05) is 53.6 Å². The molecular weight excluding hydrogens is 246 g/mol. The van der Waals surface area contributed by atoms with Gasteiger partial charge in [0.15, 0.2) is 5.78 Å². The van der Waals surface area contributed by atoms with Crippen LogP contribution < -0.4 is 5.32 Å². The molecule has 2 aromatic carbocycles. The molecule has 0 aliphatic rings. The van der Waals surface area contributed by atoms with E-state index in [1.54, 1.807) is 0 Å². The number of Topliss-reactive ketones (excluding diaryl/α,β-unsaturated/α-hetero) is 1. The molecule has 0 atom stereocenters. The van der Waals surface area contributed by atoms with Crippen LogP contribution in [0.4, 0.5) is 0 Å². The normalized spacial score (nSPS) is 10.6. The molecule has 20 heavy (non-hydrogen) atoms. The maximum Gasteiger partial charge on any atom is 0.176 e. The predicted molar refractivity (Wildman–Crippen MR) is 83.1 cm³/mol. The molecule has 0 radical (unpaired) electrons. The van der Waals surface area contributed by atoms with Gasteiger partial charge < -0.3 is 5.32 Å². The number of hydrogen-bond acceptors (Lipinski definition) is 2. The molecule has 0 aliphatic carbocycles. The molecule has 2 rings (SSSR count). The predicted octanol–water partition coefficient (Wildman–Crippen LogP) is 3.58. The molecule has 2 nitrogen and oxygen atoms in total. The minimum atomic E-state index is 0.148. The summed E-state index contributed by atoms with van der Waals surface area (Å²) < 4.78 is 0. The van der Waals surface area contributed by atoms with Crippen molar-refractivity contribution in [1.29, 1.82) is 0 Å². The zero-order valence-electron chi connectivity index (χ0n) is 12.4. The Labute approximate surface area is 120 Å². The van der Waals surface area contributed by atoms with E-state index >= 15 is 0 Å². The molecule has 104 valence electrons. The molecule has 0 fully saturated rings. The van der Waals surface area contributed by atoms with Crippen molar-refractivity contribution in [3.63, 3.8) is 0 Å². The molecule has 0 unspecified atom stereocenters. The number of carbonyl (C=O) groups excluding carboxylic acids is 1. The first kappa shape index (κ1) is 14.5. The van der Waals surface area contributed by atoms with E-state index in [9.17, 15) is 4.79 Å². The Morgan fingerprint density at radius 1 is 0.950 bits per heavy atom. The smallest absolute Gasteiger partial charge is 0.176 e. The van der Waals surface area contributed by atoms with Gasteiger partial charge in [-0.15, -0.1) is 0 Å². The van der Waals surface area contributed by atoms with Gasteiger partial charge in [0.05, 0.1) is 6.54 Å². The summed E-state index contributed by atoms with van der Waals surface area (Å²) in [7, 11) is 0. The fourth-order valence-electron chi connectivity index (χ4n) is 2.25. The summed E-state index contributed by atoms with van der Waals surface area (Å²) in [6.07, 6.45) is 0. The van der Waals surface area contributed by atoms with E-state index in [1.165, 1.54) is 16.7 Å². The molecule has 0 amide bonds. The number of carbonyl (C=O) groups is 1. The molecule has 0 bridgehead atoms. The van der Waals surface area contributed by atoms with Crippen LogP contribution in [0.1, 0.15) is 32.6 Å². The summed E-state index contributed by atoms with van der Waals surface area (Å²) in [5, 5.41) is 3.21. The first-order valence-electron chi connectivity index (χ1n) is 6.93. The van der Waals surface area contributed by atoms with Crippen molar-refractivity contribution in [3.8, 4) is 0 Å². The van der Waals surface area contributed by atoms with Crippen LogP contribution in [0.3, 0.4) is 0 Å². The van der Waals surface area contributed by atoms with Crippen LogP contribution in [0.25, 0.3) is 0 Å². The minimum absolute atomic E-state index is 0.148. The Balaban J connectivity index is 1.90. The Hall–Kier alpha value is -1.93. The zero-order chi connectivity index (χ0) is 14.5. The third-order valence-corrected chi connectivity index (χ3v) is 3.42. The molecule has 0 aliphatic heterocycles. The van der Waals surface area contributed by atoms with E-state index < -0.39 is 0 Å². The quantitative estimate of drug-likeness (QED) is 0.839. The summed E-state index contributed by atoms with van der Waals surface area (Å²) in [5.41, 5.74) is 5.50. The number of ketones is 1. The number of aryl methyl sites for hydroxylation is 3. The number of hydrogen-bond donors (Lipinski definition) is 1. The van der Waals surface area contributed by atoms with Gasteiger partial charge in [-0.2, -0.15) is 0 Å². The molecule has 0 saturated heterocycles. The number of benzene rings is 2.